The molecule has 0 radical (unpaired) electrons. The van der Waals surface area contributed by atoms with E-state index in [1.165, 1.54) is 12.8 Å². The summed E-state index contributed by atoms with van der Waals surface area (Å²) in [4.78, 5) is 2.48. The van der Waals surface area contributed by atoms with Gasteiger partial charge in [0.2, 0.25) is 0 Å². The molecule has 1 rings (SSSR count). The summed E-state index contributed by atoms with van der Waals surface area (Å²) in [7, 11) is 0. The van der Waals surface area contributed by atoms with Gasteiger partial charge in [-0.3, -0.25) is 0 Å². The third-order valence-corrected chi connectivity index (χ3v) is 3.06. The Morgan fingerprint density at radius 2 is 1.00 bits per heavy atom. The van der Waals surface area contributed by atoms with E-state index in [1.54, 1.807) is 0 Å². The molecule has 0 atom stereocenters. The van der Waals surface area contributed by atoms with Gasteiger partial charge in [0.25, 0.3) is 0 Å². The summed E-state index contributed by atoms with van der Waals surface area (Å²) in [5.41, 5.74) is 5.64. The van der Waals surface area contributed by atoms with E-state index in [1.807, 2.05) is 0 Å². The molecular formula is C12H34Cl5N5. The van der Waals surface area contributed by atoms with E-state index in [0.717, 1.165) is 65.4 Å². The fraction of sp³-hybridized carbons (Fsp3) is 1.00. The molecule has 22 heavy (non-hydrogen) atoms. The summed E-state index contributed by atoms with van der Waals surface area (Å²) in [6.07, 6.45) is 2.43. The Balaban J connectivity index is -0.000000193. The van der Waals surface area contributed by atoms with Crippen LogP contribution in [0, 0.1) is 0 Å². The monoisotopic (exact) mass is 423 g/mol. The Bertz CT molecular complexity index is 168. The van der Waals surface area contributed by atoms with Crippen LogP contribution in [0.15, 0.2) is 0 Å². The quantitative estimate of drug-likeness (QED) is 0.530. The van der Waals surface area contributed by atoms with E-state index >= 15 is 0 Å². The van der Waals surface area contributed by atoms with Gasteiger partial charge in [-0.2, -0.15) is 0 Å². The minimum atomic E-state index is 0. The second-order valence-electron chi connectivity index (χ2n) is 4.59. The van der Waals surface area contributed by atoms with E-state index in [9.17, 15) is 0 Å². The largest absolute Gasteiger partial charge is 0.329 e. The van der Waals surface area contributed by atoms with Crippen LogP contribution < -0.4 is 21.7 Å². The lowest BCUT2D eigenvalue weighted by atomic mass is 10.3. The summed E-state index contributed by atoms with van der Waals surface area (Å²) in [5.74, 6) is 0. The number of nitrogens with one attached hydrogen (secondary N) is 3. The Labute approximate surface area is 166 Å². The van der Waals surface area contributed by atoms with Gasteiger partial charge < -0.3 is 26.6 Å². The average Bonchev–Trinajstić information content (AvgIpc) is 2.34. The van der Waals surface area contributed by atoms with Crippen molar-refractivity contribution in [1.82, 2.24) is 20.9 Å². The maximum Gasteiger partial charge on any atom is 0.0105 e. The molecule has 1 saturated heterocycles. The third kappa shape index (κ3) is 21.2. The van der Waals surface area contributed by atoms with Crippen molar-refractivity contribution in [3.05, 3.63) is 0 Å². The van der Waals surface area contributed by atoms with Crippen LogP contribution in [0.4, 0.5) is 0 Å². The molecule has 5 N–H and O–H groups in total. The minimum Gasteiger partial charge on any atom is -0.329 e. The molecule has 1 aliphatic rings. The van der Waals surface area contributed by atoms with Crippen molar-refractivity contribution in [3.63, 3.8) is 0 Å². The fourth-order valence-corrected chi connectivity index (χ4v) is 2.10. The predicted molar refractivity (Wildman–Crippen MR) is 110 cm³/mol. The number of nitrogens with zero attached hydrogens (tertiary/aromatic N) is 1. The van der Waals surface area contributed by atoms with Gasteiger partial charge in [-0.15, -0.1) is 62.0 Å². The first-order valence-electron chi connectivity index (χ1n) is 6.98. The van der Waals surface area contributed by atoms with Crippen LogP contribution in [0.3, 0.4) is 0 Å². The molecule has 0 aliphatic carbocycles. The van der Waals surface area contributed by atoms with Crippen molar-refractivity contribution in [2.45, 2.75) is 12.8 Å². The summed E-state index contributed by atoms with van der Waals surface area (Å²) in [5, 5.41) is 10.3. The highest BCUT2D eigenvalue weighted by Gasteiger charge is 2.03. The molecule has 1 aliphatic heterocycles. The molecule has 1 fully saturated rings. The van der Waals surface area contributed by atoms with Gasteiger partial charge in [0.1, 0.15) is 0 Å². The lowest BCUT2D eigenvalue weighted by Crippen LogP contribution is -2.37. The first-order chi connectivity index (χ1) is 8.43. The lowest BCUT2D eigenvalue weighted by Gasteiger charge is -2.22. The van der Waals surface area contributed by atoms with E-state index in [-0.39, 0.29) is 62.0 Å². The first kappa shape index (κ1) is 34.6. The zero-order valence-electron chi connectivity index (χ0n) is 13.1. The van der Waals surface area contributed by atoms with Gasteiger partial charge in [0.15, 0.2) is 0 Å². The van der Waals surface area contributed by atoms with Crippen molar-refractivity contribution in [1.29, 1.82) is 0 Å². The van der Waals surface area contributed by atoms with Crippen LogP contribution in [0.5, 0.6) is 0 Å². The highest BCUT2D eigenvalue weighted by atomic mass is 35.5. The van der Waals surface area contributed by atoms with Crippen LogP contribution in [0.1, 0.15) is 12.8 Å². The molecule has 0 aromatic carbocycles. The highest BCUT2D eigenvalue weighted by molar-refractivity contribution is 5.86. The maximum atomic E-state index is 5.64. The summed E-state index contributed by atoms with van der Waals surface area (Å²) >= 11 is 0. The molecule has 0 aromatic rings. The van der Waals surface area contributed by atoms with E-state index in [2.05, 4.69) is 20.9 Å². The molecule has 0 unspecified atom stereocenters. The Morgan fingerprint density at radius 3 is 1.36 bits per heavy atom. The molecule has 0 saturated carbocycles. The van der Waals surface area contributed by atoms with Crippen LogP contribution in [-0.4, -0.2) is 70.3 Å². The first-order valence-corrected chi connectivity index (χ1v) is 6.98. The predicted octanol–water partition coefficient (Wildman–Crippen LogP) is 0.919. The van der Waals surface area contributed by atoms with Gasteiger partial charge in [-0.25, -0.2) is 0 Å². The lowest BCUT2D eigenvalue weighted by molar-refractivity contribution is 0.271. The molecule has 0 amide bonds. The van der Waals surface area contributed by atoms with Crippen LogP contribution >= 0.6 is 62.0 Å². The van der Waals surface area contributed by atoms with Gasteiger partial charge in [-0.05, 0) is 39.0 Å². The van der Waals surface area contributed by atoms with Crippen molar-refractivity contribution in [2.75, 3.05) is 65.4 Å². The molecule has 0 aromatic heterocycles. The SMILES string of the molecule is Cl.Cl.Cl.Cl.Cl.NCCN1CCCNCCNCCNCCC1. The zero-order valence-corrected chi connectivity index (χ0v) is 17.1. The van der Waals surface area contributed by atoms with Crippen LogP contribution in [0.25, 0.3) is 0 Å². The topological polar surface area (TPSA) is 65.3 Å². The Hall–Kier alpha value is 1.25. The second kappa shape index (κ2) is 27.1. The van der Waals surface area contributed by atoms with Crippen molar-refractivity contribution >= 4 is 62.0 Å². The van der Waals surface area contributed by atoms with E-state index in [0.29, 0.717) is 0 Å². The van der Waals surface area contributed by atoms with Gasteiger partial charge >= 0.3 is 0 Å². The van der Waals surface area contributed by atoms with Crippen molar-refractivity contribution < 1.29 is 0 Å². The molecule has 0 bridgehead atoms. The summed E-state index contributed by atoms with van der Waals surface area (Å²) in [6, 6.07) is 0. The molecule has 142 valence electrons. The number of nitrogens with two attached hydrogens (primary N) is 1. The zero-order chi connectivity index (χ0) is 12.2. The molecule has 0 spiro atoms. The van der Waals surface area contributed by atoms with Crippen molar-refractivity contribution in [2.24, 2.45) is 5.73 Å². The van der Waals surface area contributed by atoms with Gasteiger partial charge in [-0.1, -0.05) is 0 Å². The Kier molecular flexibility index (Phi) is 42.6. The normalized spacial score (nSPS) is 17.9. The van der Waals surface area contributed by atoms with E-state index < -0.39 is 0 Å². The highest BCUT2D eigenvalue weighted by Crippen LogP contribution is 1.93. The summed E-state index contributed by atoms with van der Waals surface area (Å²) in [6.45, 7) is 10.6. The van der Waals surface area contributed by atoms with Crippen LogP contribution in [0.2, 0.25) is 0 Å². The number of hydrogen-bond acceptors (Lipinski definition) is 5. The average molecular weight is 426 g/mol. The Morgan fingerprint density at radius 1 is 0.636 bits per heavy atom. The van der Waals surface area contributed by atoms with Crippen LogP contribution in [-0.2, 0) is 0 Å². The maximum absolute atomic E-state index is 5.64. The number of rotatable bonds is 2. The number of hydrogen-bond donors (Lipinski definition) is 4. The van der Waals surface area contributed by atoms with Gasteiger partial charge in [0, 0.05) is 39.3 Å². The molecule has 10 heteroatoms. The third-order valence-electron chi connectivity index (χ3n) is 3.06. The van der Waals surface area contributed by atoms with Gasteiger partial charge in [0.05, 0.1) is 0 Å². The van der Waals surface area contributed by atoms with Crippen molar-refractivity contribution in [3.8, 4) is 0 Å². The summed E-state index contributed by atoms with van der Waals surface area (Å²) < 4.78 is 0. The molecule has 1 heterocycles. The standard InChI is InChI=1S/C12H29N5.5ClH/c13-3-12-17-10-1-4-14-6-8-16-9-7-15-5-2-11-17;;;;;/h14-16H,1-13H2;5*1H. The fourth-order valence-electron chi connectivity index (χ4n) is 2.10. The second-order valence-corrected chi connectivity index (χ2v) is 4.59. The minimum absolute atomic E-state index is 0. The molecule has 5 nitrogen and oxygen atoms in total. The smallest absolute Gasteiger partial charge is 0.0105 e. The number of halogens is 5. The molecular weight excluding hydrogens is 391 g/mol. The van der Waals surface area contributed by atoms with E-state index in [4.69, 9.17) is 5.73 Å².